The van der Waals surface area contributed by atoms with Gasteiger partial charge in [0, 0.05) is 141 Å². The highest BCUT2D eigenvalue weighted by Crippen LogP contribution is 2.34. The van der Waals surface area contributed by atoms with Crippen LogP contribution in [0, 0.1) is 0 Å². The Morgan fingerprint density at radius 1 is 0.146 bits per heavy atom. The summed E-state index contributed by atoms with van der Waals surface area (Å²) in [7, 11) is 0. The Hall–Kier alpha value is -17.0. The monoisotopic (exact) mass is 1890 g/mol. The van der Waals surface area contributed by atoms with Crippen molar-refractivity contribution in [1.82, 2.24) is 99.7 Å². The maximum atomic E-state index is 4.74. The summed E-state index contributed by atoms with van der Waals surface area (Å²) >= 11 is 0. The van der Waals surface area contributed by atoms with Gasteiger partial charge in [-0.25, -0.2) is 79.7 Å². The summed E-state index contributed by atoms with van der Waals surface area (Å²) < 4.78 is 0. The SMILES string of the molecule is CC(C)c1cc(-c2ccccc2)cc(-c2ccncc2)c1.CC(C)c1cccc(-c2ccccn2)c1.CC(C)c1ccnc(-c2ccccc2)n1.CC(C)c1ccnc(-c2ccncc2)n1.CC(C)c1nc(-c2ccccc2)nc(-c2ccc(-c3ccccc3)cc2)n1.CC(C)c1nc(-c2ccccc2)nc(-c2ccncc2)n1.CC(C)c1ncnc(-c2ccccc2)n1.CC(C)c1ncnc(-c2ccccc2)n1. The van der Waals surface area contributed by atoms with Crippen molar-refractivity contribution in [3.63, 3.8) is 0 Å². The Labute approximate surface area is 848 Å². The molecule has 0 saturated carbocycles. The Morgan fingerprint density at radius 2 is 0.417 bits per heavy atom. The Morgan fingerprint density at radius 3 is 0.757 bits per heavy atom. The molecule has 144 heavy (non-hydrogen) atoms. The van der Waals surface area contributed by atoms with Gasteiger partial charge in [0.25, 0.3) is 0 Å². The first kappa shape index (κ1) is 104. The topological polar surface area (TPSA) is 258 Å². The van der Waals surface area contributed by atoms with Crippen LogP contribution in [0.15, 0.2) is 414 Å². The lowest BCUT2D eigenvalue weighted by atomic mass is 9.92. The van der Waals surface area contributed by atoms with Crippen LogP contribution < -0.4 is 0 Å². The molecule has 20 nitrogen and oxygen atoms in total. The van der Waals surface area contributed by atoms with E-state index >= 15 is 0 Å². The second kappa shape index (κ2) is 54.0. The highest BCUT2D eigenvalue weighted by atomic mass is 15.1. The van der Waals surface area contributed by atoms with E-state index in [0.717, 1.165) is 114 Å². The molecule has 0 bridgehead atoms. The summed E-state index contributed by atoms with van der Waals surface area (Å²) in [5.41, 5.74) is 22.6. The number of benzene rings is 10. The predicted molar refractivity (Wildman–Crippen MR) is 585 cm³/mol. The molecule has 0 aliphatic carbocycles. The minimum Gasteiger partial charge on any atom is -0.265 e. The molecule has 0 aliphatic heterocycles. The van der Waals surface area contributed by atoms with Gasteiger partial charge in [0.05, 0.1) is 5.69 Å². The zero-order valence-corrected chi connectivity index (χ0v) is 84.8. The van der Waals surface area contributed by atoms with Gasteiger partial charge in [-0.1, -0.05) is 384 Å². The molecule has 0 amide bonds. The van der Waals surface area contributed by atoms with Crippen LogP contribution in [-0.4, -0.2) is 99.7 Å². The van der Waals surface area contributed by atoms with E-state index in [2.05, 4.69) is 334 Å². The van der Waals surface area contributed by atoms with Gasteiger partial charge in [0.15, 0.2) is 46.6 Å². The van der Waals surface area contributed by atoms with Crippen molar-refractivity contribution in [1.29, 1.82) is 0 Å². The average Bonchev–Trinajstić information content (AvgIpc) is 0.814. The van der Waals surface area contributed by atoms with Crippen LogP contribution in [0.4, 0.5) is 0 Å². The zero-order chi connectivity index (χ0) is 101. The lowest BCUT2D eigenvalue weighted by Gasteiger charge is -2.13. The van der Waals surface area contributed by atoms with Gasteiger partial charge >= 0.3 is 0 Å². The fourth-order valence-corrected chi connectivity index (χ4v) is 14.4. The van der Waals surface area contributed by atoms with Crippen molar-refractivity contribution in [2.24, 2.45) is 0 Å². The van der Waals surface area contributed by atoms with Crippen molar-refractivity contribution < 1.29 is 0 Å². The third-order valence-electron chi connectivity index (χ3n) is 22.6. The summed E-state index contributed by atoms with van der Waals surface area (Å²) in [5.74, 6) is 12.3. The molecule has 0 fully saturated rings. The number of pyridine rings is 4. The molecule has 0 N–H and O–H groups in total. The molecule has 10 heterocycles. The Balaban J connectivity index is 0.000000139. The van der Waals surface area contributed by atoms with Crippen molar-refractivity contribution in [3.8, 4) is 136 Å². The van der Waals surface area contributed by atoms with E-state index in [1.165, 1.54) is 50.1 Å². The molecule has 0 spiro atoms. The average molecular weight is 1890 g/mol. The van der Waals surface area contributed by atoms with Gasteiger partial charge in [-0.15, -0.1) is 0 Å². The first-order valence-corrected chi connectivity index (χ1v) is 49.0. The second-order valence-corrected chi connectivity index (χ2v) is 36.4. The fraction of sp³-hybridized carbons (Fsp3) is 0.194. The summed E-state index contributed by atoms with van der Waals surface area (Å²) in [6.07, 6.45) is 19.3. The van der Waals surface area contributed by atoms with Crippen LogP contribution in [-0.2, 0) is 0 Å². The van der Waals surface area contributed by atoms with E-state index in [9.17, 15) is 0 Å². The third kappa shape index (κ3) is 31.5. The van der Waals surface area contributed by atoms with Crippen LogP contribution in [0.25, 0.3) is 136 Å². The quantitative estimate of drug-likeness (QED) is 0.0687. The van der Waals surface area contributed by atoms with Crippen LogP contribution in [0.2, 0.25) is 0 Å². The van der Waals surface area contributed by atoms with E-state index in [1.54, 1.807) is 43.6 Å². The third-order valence-corrected chi connectivity index (χ3v) is 22.6. The van der Waals surface area contributed by atoms with Crippen LogP contribution in [0.1, 0.15) is 204 Å². The normalized spacial score (nSPS) is 10.7. The van der Waals surface area contributed by atoms with Gasteiger partial charge in [-0.05, 0) is 141 Å². The number of nitrogens with zero attached hydrogens (tertiary/aromatic N) is 20. The molecule has 0 radical (unpaired) electrons. The lowest BCUT2D eigenvalue weighted by Crippen LogP contribution is -2.04. The summed E-state index contributed by atoms with van der Waals surface area (Å²) in [5, 5.41) is 0. The minimum absolute atomic E-state index is 0.234. The van der Waals surface area contributed by atoms with E-state index in [-0.39, 0.29) is 11.8 Å². The van der Waals surface area contributed by atoms with Gasteiger partial charge in [-0.2, -0.15) is 0 Å². The predicted octanol–water partition coefficient (Wildman–Crippen LogP) is 30.4. The molecular formula is C124H124N20. The molecule has 20 heteroatoms. The molecule has 0 aliphatic rings. The van der Waals surface area contributed by atoms with E-state index in [0.29, 0.717) is 53.0 Å². The molecule has 10 aromatic carbocycles. The molecule has 0 saturated heterocycles. The summed E-state index contributed by atoms with van der Waals surface area (Å²) in [4.78, 5) is 87.4. The zero-order valence-electron chi connectivity index (χ0n) is 84.8. The Bertz CT molecular complexity index is 6460. The number of aromatic nitrogens is 20. The van der Waals surface area contributed by atoms with E-state index in [1.807, 2.05) is 237 Å². The first-order valence-electron chi connectivity index (χ1n) is 49.0. The molecule has 10 aromatic heterocycles. The van der Waals surface area contributed by atoms with Gasteiger partial charge in [-0.3, -0.25) is 19.9 Å². The number of hydrogen-bond donors (Lipinski definition) is 0. The smallest absolute Gasteiger partial charge is 0.163 e. The molecule has 0 atom stereocenters. The summed E-state index contributed by atoms with van der Waals surface area (Å²) in [6.45, 7) is 34.1. The number of rotatable bonds is 20. The fourth-order valence-electron chi connectivity index (χ4n) is 14.4. The van der Waals surface area contributed by atoms with Crippen LogP contribution in [0.3, 0.4) is 0 Å². The van der Waals surface area contributed by atoms with Crippen LogP contribution >= 0.6 is 0 Å². The van der Waals surface area contributed by atoms with E-state index < -0.39 is 0 Å². The molecule has 0 unspecified atom stereocenters. The van der Waals surface area contributed by atoms with Crippen LogP contribution in [0.5, 0.6) is 0 Å². The minimum atomic E-state index is 0.234. The summed E-state index contributed by atoms with van der Waals surface area (Å²) in [6, 6.07) is 116. The highest BCUT2D eigenvalue weighted by Gasteiger charge is 2.18. The lowest BCUT2D eigenvalue weighted by molar-refractivity contribution is 0.762. The second-order valence-electron chi connectivity index (χ2n) is 36.4. The van der Waals surface area contributed by atoms with Crippen molar-refractivity contribution in [3.05, 3.63) is 460 Å². The molecule has 720 valence electrons. The van der Waals surface area contributed by atoms with Gasteiger partial charge in [0.2, 0.25) is 0 Å². The van der Waals surface area contributed by atoms with Crippen molar-refractivity contribution in [2.45, 2.75) is 158 Å². The highest BCUT2D eigenvalue weighted by molar-refractivity contribution is 5.75. The van der Waals surface area contributed by atoms with Gasteiger partial charge in [0.1, 0.15) is 36.0 Å². The largest absolute Gasteiger partial charge is 0.265 e. The first-order chi connectivity index (χ1) is 70.0. The maximum absolute atomic E-state index is 4.74. The standard InChI is InChI=1S/C24H21N3.C20H19N.C17H16N4.C14H15N.C13H14N2.3C12H13N3/c1-17(2)22-25-23(20-11-7-4-8-12-20)27-24(26-22)21-15-13-19(14-16-21)18-9-5-3-6-10-18;1-15(2)18-12-19(16-6-4-3-5-7-16)14-20(13-18)17-8-10-21-11-9-17;1-12(2)15-19-16(13-6-4-3-5-7-13)21-17(20-15)14-8-10-18-11-9-14;1-11(2)12-6-5-7-13(10-12)14-8-3-4-9-15-14;1-10(2)12-8-9-14-13(15-12)11-6-4-3-5-7-11;1-9(2)11-5-8-14-12(15-11)10-3-6-13-7-4-10;2*1-9(2)11-13-8-14-12(15-11)10-6-4-3-5-7-10/h3-17H,1-2H3;3-15H,1-2H3;3-12H,1-2H3;3-11H,1-2H3;3-10H,1-2H3;3*3-9H,1-2H3. The molecule has 20 rings (SSSR count). The molecular weight excluding hydrogens is 1770 g/mol. The van der Waals surface area contributed by atoms with Gasteiger partial charge < -0.3 is 0 Å². The van der Waals surface area contributed by atoms with Crippen molar-refractivity contribution >= 4 is 0 Å². The number of hydrogen-bond acceptors (Lipinski definition) is 20. The molecule has 20 aromatic rings. The van der Waals surface area contributed by atoms with Crippen molar-refractivity contribution in [2.75, 3.05) is 0 Å². The Kier molecular flexibility index (Phi) is 39.1. The van der Waals surface area contributed by atoms with E-state index in [4.69, 9.17) is 9.97 Å². The maximum Gasteiger partial charge on any atom is 0.163 e.